The number of aromatic carboxylic acids is 1. The lowest BCUT2D eigenvalue weighted by Crippen LogP contribution is -2.01. The zero-order chi connectivity index (χ0) is 14.8. The highest BCUT2D eigenvalue weighted by Gasteiger charge is 2.15. The number of ether oxygens (including phenoxy) is 2. The minimum absolute atomic E-state index is 0.0260. The van der Waals surface area contributed by atoms with Crippen molar-refractivity contribution in [1.29, 1.82) is 0 Å². The zero-order valence-electron chi connectivity index (χ0n) is 11.1. The molecule has 3 rings (SSSR count). The highest BCUT2D eigenvalue weighted by molar-refractivity contribution is 5.91. The molecule has 6 nitrogen and oxygen atoms in total. The third kappa shape index (κ3) is 2.38. The Morgan fingerprint density at radius 1 is 1.29 bits per heavy atom. The number of fused-ring (bicyclic) bond motifs is 1. The SMILES string of the molecule is COc1ccc(C(=O)O)c(Oc2nccc3occc23)c1. The van der Waals surface area contributed by atoms with Gasteiger partial charge in [-0.25, -0.2) is 9.78 Å². The normalized spacial score (nSPS) is 10.5. The summed E-state index contributed by atoms with van der Waals surface area (Å²) in [5.74, 6) is -0.165. The molecule has 2 aromatic heterocycles. The van der Waals surface area contributed by atoms with Crippen LogP contribution in [-0.4, -0.2) is 23.2 Å². The first kappa shape index (κ1) is 13.0. The van der Waals surface area contributed by atoms with Crippen molar-refractivity contribution in [2.45, 2.75) is 0 Å². The number of rotatable bonds is 4. The minimum Gasteiger partial charge on any atom is -0.497 e. The third-order valence-corrected chi connectivity index (χ3v) is 2.97. The Morgan fingerprint density at radius 2 is 2.14 bits per heavy atom. The number of hydrogen-bond donors (Lipinski definition) is 1. The van der Waals surface area contributed by atoms with Crippen LogP contribution in [0.3, 0.4) is 0 Å². The number of carbonyl (C=O) groups is 1. The zero-order valence-corrected chi connectivity index (χ0v) is 11.1. The van der Waals surface area contributed by atoms with Crippen molar-refractivity contribution in [3.05, 3.63) is 48.4 Å². The average Bonchev–Trinajstić information content (AvgIpc) is 2.96. The molecule has 0 bridgehead atoms. The molecule has 0 aliphatic rings. The van der Waals surface area contributed by atoms with Crippen molar-refractivity contribution >= 4 is 16.9 Å². The molecule has 21 heavy (non-hydrogen) atoms. The molecule has 6 heteroatoms. The molecule has 0 atom stereocenters. The summed E-state index contributed by atoms with van der Waals surface area (Å²) < 4.78 is 16.0. The molecule has 0 aliphatic carbocycles. The number of carboxylic acids is 1. The molecule has 1 N–H and O–H groups in total. The van der Waals surface area contributed by atoms with Gasteiger partial charge in [-0.2, -0.15) is 0 Å². The Bertz CT molecular complexity index is 809. The predicted octanol–water partition coefficient (Wildman–Crippen LogP) is 3.33. The van der Waals surface area contributed by atoms with E-state index in [9.17, 15) is 9.90 Å². The monoisotopic (exact) mass is 285 g/mol. The quantitative estimate of drug-likeness (QED) is 0.791. The van der Waals surface area contributed by atoms with Crippen molar-refractivity contribution in [1.82, 2.24) is 4.98 Å². The maximum atomic E-state index is 11.3. The van der Waals surface area contributed by atoms with Gasteiger partial charge in [-0.15, -0.1) is 0 Å². The van der Waals surface area contributed by atoms with Gasteiger partial charge in [-0.3, -0.25) is 0 Å². The van der Waals surface area contributed by atoms with Crippen molar-refractivity contribution in [3.8, 4) is 17.4 Å². The van der Waals surface area contributed by atoms with Crippen LogP contribution in [-0.2, 0) is 0 Å². The topological polar surface area (TPSA) is 81.8 Å². The Hall–Kier alpha value is -3.02. The summed E-state index contributed by atoms with van der Waals surface area (Å²) in [7, 11) is 1.49. The molecule has 0 saturated carbocycles. The summed E-state index contributed by atoms with van der Waals surface area (Å²) in [6.07, 6.45) is 3.05. The van der Waals surface area contributed by atoms with Crippen molar-refractivity contribution < 1.29 is 23.8 Å². The minimum atomic E-state index is -1.09. The summed E-state index contributed by atoms with van der Waals surface area (Å²) in [6.45, 7) is 0. The number of methoxy groups -OCH3 is 1. The highest BCUT2D eigenvalue weighted by atomic mass is 16.5. The molecule has 0 aliphatic heterocycles. The number of hydrogen-bond acceptors (Lipinski definition) is 5. The van der Waals surface area contributed by atoms with Gasteiger partial charge < -0.3 is 19.0 Å². The molecule has 1 aromatic carbocycles. The van der Waals surface area contributed by atoms with E-state index in [-0.39, 0.29) is 17.2 Å². The first-order valence-corrected chi connectivity index (χ1v) is 6.10. The summed E-state index contributed by atoms with van der Waals surface area (Å²) in [5.41, 5.74) is 0.637. The maximum absolute atomic E-state index is 11.3. The summed E-state index contributed by atoms with van der Waals surface area (Å²) in [6, 6.07) is 7.89. The van der Waals surface area contributed by atoms with Gasteiger partial charge in [0.1, 0.15) is 22.6 Å². The Labute approximate surface area is 119 Å². The fourth-order valence-corrected chi connectivity index (χ4v) is 1.95. The molecule has 2 heterocycles. The highest BCUT2D eigenvalue weighted by Crippen LogP contribution is 2.32. The molecule has 0 saturated heterocycles. The summed E-state index contributed by atoms with van der Waals surface area (Å²) in [4.78, 5) is 15.4. The maximum Gasteiger partial charge on any atom is 0.339 e. The standard InChI is InChI=1S/C15H11NO5/c1-19-9-2-3-11(15(17)18)13(8-9)21-14-10-5-7-20-12(10)4-6-16-14/h2-8H,1H3,(H,17,18). The second-order valence-corrected chi connectivity index (χ2v) is 4.22. The van der Waals surface area contributed by atoms with Gasteiger partial charge in [0.2, 0.25) is 5.88 Å². The molecule has 106 valence electrons. The number of carboxylic acid groups (broad SMARTS) is 1. The fourth-order valence-electron chi connectivity index (χ4n) is 1.95. The lowest BCUT2D eigenvalue weighted by molar-refractivity contribution is 0.0694. The van der Waals surface area contributed by atoms with Crippen molar-refractivity contribution in [2.75, 3.05) is 7.11 Å². The van der Waals surface area contributed by atoms with Crippen LogP contribution < -0.4 is 9.47 Å². The van der Waals surface area contributed by atoms with Crippen LogP contribution in [0, 0.1) is 0 Å². The number of aromatic nitrogens is 1. The number of benzene rings is 1. The Kier molecular flexibility index (Phi) is 3.19. The third-order valence-electron chi connectivity index (χ3n) is 2.97. The molecule has 0 radical (unpaired) electrons. The summed E-state index contributed by atoms with van der Waals surface area (Å²) >= 11 is 0. The van der Waals surface area contributed by atoms with Crippen LogP contribution >= 0.6 is 0 Å². The first-order chi connectivity index (χ1) is 10.2. The van der Waals surface area contributed by atoms with Gasteiger partial charge in [0.05, 0.1) is 18.8 Å². The van der Waals surface area contributed by atoms with E-state index in [1.165, 1.54) is 31.7 Å². The van der Waals surface area contributed by atoms with Crippen molar-refractivity contribution in [3.63, 3.8) is 0 Å². The van der Waals surface area contributed by atoms with E-state index in [2.05, 4.69) is 4.98 Å². The van der Waals surface area contributed by atoms with Crippen LogP contribution in [0.4, 0.5) is 0 Å². The molecule has 3 aromatic rings. The van der Waals surface area contributed by atoms with E-state index in [1.54, 1.807) is 18.2 Å². The Morgan fingerprint density at radius 3 is 2.90 bits per heavy atom. The van der Waals surface area contributed by atoms with Crippen LogP contribution in [0.5, 0.6) is 17.4 Å². The largest absolute Gasteiger partial charge is 0.497 e. The number of furan rings is 1. The van der Waals surface area contributed by atoms with E-state index in [0.29, 0.717) is 16.7 Å². The van der Waals surface area contributed by atoms with E-state index >= 15 is 0 Å². The molecule has 0 amide bonds. The van der Waals surface area contributed by atoms with Gasteiger partial charge >= 0.3 is 5.97 Å². The van der Waals surface area contributed by atoms with Gasteiger partial charge in [0.15, 0.2) is 0 Å². The van der Waals surface area contributed by atoms with Crippen LogP contribution in [0.1, 0.15) is 10.4 Å². The van der Waals surface area contributed by atoms with Crippen LogP contribution in [0.25, 0.3) is 11.0 Å². The van der Waals surface area contributed by atoms with Crippen molar-refractivity contribution in [2.24, 2.45) is 0 Å². The lowest BCUT2D eigenvalue weighted by Gasteiger charge is -2.10. The van der Waals surface area contributed by atoms with Crippen LogP contribution in [0.2, 0.25) is 0 Å². The number of pyridine rings is 1. The van der Waals surface area contributed by atoms with Gasteiger partial charge in [-0.05, 0) is 24.3 Å². The van der Waals surface area contributed by atoms with Crippen LogP contribution in [0.15, 0.2) is 47.2 Å². The fraction of sp³-hybridized carbons (Fsp3) is 0.0667. The molecule has 0 fully saturated rings. The Balaban J connectivity index is 2.08. The van der Waals surface area contributed by atoms with E-state index < -0.39 is 5.97 Å². The van der Waals surface area contributed by atoms with E-state index in [1.807, 2.05) is 0 Å². The molecular formula is C15H11NO5. The first-order valence-electron chi connectivity index (χ1n) is 6.10. The second-order valence-electron chi connectivity index (χ2n) is 4.22. The molecule has 0 spiro atoms. The van der Waals surface area contributed by atoms with E-state index in [4.69, 9.17) is 13.9 Å². The molecule has 0 unspecified atom stereocenters. The number of nitrogens with zero attached hydrogens (tertiary/aromatic N) is 1. The van der Waals surface area contributed by atoms with E-state index in [0.717, 1.165) is 0 Å². The lowest BCUT2D eigenvalue weighted by atomic mass is 10.2. The van der Waals surface area contributed by atoms with Gasteiger partial charge in [0.25, 0.3) is 0 Å². The van der Waals surface area contributed by atoms with Gasteiger partial charge in [-0.1, -0.05) is 0 Å². The second kappa shape index (κ2) is 5.16. The average molecular weight is 285 g/mol. The van der Waals surface area contributed by atoms with Gasteiger partial charge in [0, 0.05) is 12.3 Å². The predicted molar refractivity (Wildman–Crippen MR) is 74.0 cm³/mol. The molecular weight excluding hydrogens is 274 g/mol. The smallest absolute Gasteiger partial charge is 0.339 e. The summed E-state index contributed by atoms with van der Waals surface area (Å²) in [5, 5.41) is 9.88.